The first-order valence-corrected chi connectivity index (χ1v) is 9.58. The van der Waals surface area contributed by atoms with Gasteiger partial charge in [-0.05, 0) is 42.5 Å². The van der Waals surface area contributed by atoms with Crippen LogP contribution in [0.3, 0.4) is 0 Å². The van der Waals surface area contributed by atoms with E-state index in [9.17, 15) is 4.79 Å². The van der Waals surface area contributed by atoms with Crippen LogP contribution in [-0.4, -0.2) is 49.1 Å². The van der Waals surface area contributed by atoms with Crippen LogP contribution in [0.1, 0.15) is 10.4 Å². The number of halogens is 1. The van der Waals surface area contributed by atoms with Crippen molar-refractivity contribution in [2.45, 2.75) is 0 Å². The molecule has 4 rings (SSSR count). The SMILES string of the molecule is COc1ccc(C(=O)N2CCN(c3nc4ccc(Cl)cc4s3)CC2)cc1. The molecule has 26 heavy (non-hydrogen) atoms. The molecule has 134 valence electrons. The van der Waals surface area contributed by atoms with E-state index >= 15 is 0 Å². The number of hydrogen-bond acceptors (Lipinski definition) is 5. The van der Waals surface area contributed by atoms with Crippen molar-refractivity contribution in [2.24, 2.45) is 0 Å². The highest BCUT2D eigenvalue weighted by Gasteiger charge is 2.24. The van der Waals surface area contributed by atoms with Gasteiger partial charge in [0.25, 0.3) is 5.91 Å². The molecule has 2 aromatic carbocycles. The molecule has 1 fully saturated rings. The maximum absolute atomic E-state index is 12.7. The van der Waals surface area contributed by atoms with Crippen LogP contribution < -0.4 is 9.64 Å². The summed E-state index contributed by atoms with van der Waals surface area (Å²) in [6, 6.07) is 13.0. The number of rotatable bonds is 3. The highest BCUT2D eigenvalue weighted by Crippen LogP contribution is 2.31. The first kappa shape index (κ1) is 17.1. The van der Waals surface area contributed by atoms with Crippen molar-refractivity contribution in [3.05, 3.63) is 53.1 Å². The molecule has 2 heterocycles. The quantitative estimate of drug-likeness (QED) is 0.683. The summed E-state index contributed by atoms with van der Waals surface area (Å²) < 4.78 is 6.23. The van der Waals surface area contributed by atoms with Gasteiger partial charge < -0.3 is 14.5 Å². The number of methoxy groups -OCH3 is 1. The van der Waals surface area contributed by atoms with Gasteiger partial charge in [0.1, 0.15) is 5.75 Å². The molecule has 3 aromatic rings. The van der Waals surface area contributed by atoms with Crippen LogP contribution in [0.2, 0.25) is 5.02 Å². The van der Waals surface area contributed by atoms with E-state index in [0.717, 1.165) is 39.2 Å². The minimum Gasteiger partial charge on any atom is -0.497 e. The molecule has 0 bridgehead atoms. The fourth-order valence-electron chi connectivity index (χ4n) is 3.04. The largest absolute Gasteiger partial charge is 0.497 e. The predicted molar refractivity (Wildman–Crippen MR) is 106 cm³/mol. The standard InChI is InChI=1S/C19H18ClN3O2S/c1-25-15-5-2-13(3-6-15)18(24)22-8-10-23(11-9-22)19-21-16-7-4-14(20)12-17(16)26-19/h2-7,12H,8-11H2,1H3. The number of hydrogen-bond donors (Lipinski definition) is 0. The topological polar surface area (TPSA) is 45.7 Å². The second-order valence-electron chi connectivity index (χ2n) is 6.12. The van der Waals surface area contributed by atoms with Crippen LogP contribution in [0.5, 0.6) is 5.75 Å². The smallest absolute Gasteiger partial charge is 0.253 e. The minimum absolute atomic E-state index is 0.0587. The number of carbonyl (C=O) groups is 1. The van der Waals surface area contributed by atoms with Crippen molar-refractivity contribution in [3.63, 3.8) is 0 Å². The van der Waals surface area contributed by atoms with Gasteiger partial charge in [-0.1, -0.05) is 22.9 Å². The molecular formula is C19H18ClN3O2S. The van der Waals surface area contributed by atoms with Gasteiger partial charge >= 0.3 is 0 Å². The summed E-state index contributed by atoms with van der Waals surface area (Å²) in [5.74, 6) is 0.811. The molecule has 0 saturated carbocycles. The zero-order valence-corrected chi connectivity index (χ0v) is 15.9. The summed E-state index contributed by atoms with van der Waals surface area (Å²) in [6.07, 6.45) is 0. The van der Waals surface area contributed by atoms with E-state index in [0.29, 0.717) is 18.7 Å². The van der Waals surface area contributed by atoms with Gasteiger partial charge in [0.15, 0.2) is 5.13 Å². The van der Waals surface area contributed by atoms with Gasteiger partial charge in [0, 0.05) is 36.8 Å². The molecule has 5 nitrogen and oxygen atoms in total. The second-order valence-corrected chi connectivity index (χ2v) is 7.56. The number of piperazine rings is 1. The van der Waals surface area contributed by atoms with Crippen LogP contribution in [0.25, 0.3) is 10.2 Å². The monoisotopic (exact) mass is 387 g/mol. The Morgan fingerprint density at radius 1 is 1.12 bits per heavy atom. The van der Waals surface area contributed by atoms with Crippen molar-refractivity contribution in [1.29, 1.82) is 0 Å². The highest BCUT2D eigenvalue weighted by atomic mass is 35.5. The lowest BCUT2D eigenvalue weighted by molar-refractivity contribution is 0.0746. The molecular weight excluding hydrogens is 370 g/mol. The summed E-state index contributed by atoms with van der Waals surface area (Å²) in [5.41, 5.74) is 1.65. The first-order valence-electron chi connectivity index (χ1n) is 8.38. The van der Waals surface area contributed by atoms with Crippen molar-refractivity contribution < 1.29 is 9.53 Å². The maximum atomic E-state index is 12.7. The zero-order chi connectivity index (χ0) is 18.1. The second kappa shape index (κ2) is 7.13. The van der Waals surface area contributed by atoms with Crippen LogP contribution in [0, 0.1) is 0 Å². The Balaban J connectivity index is 1.43. The average molecular weight is 388 g/mol. The van der Waals surface area contributed by atoms with Gasteiger partial charge in [-0.25, -0.2) is 4.98 Å². The minimum atomic E-state index is 0.0587. The van der Waals surface area contributed by atoms with Crippen molar-refractivity contribution >= 4 is 44.2 Å². The Hall–Kier alpha value is -2.31. The number of aromatic nitrogens is 1. The number of amides is 1. The van der Waals surface area contributed by atoms with Crippen LogP contribution >= 0.6 is 22.9 Å². The molecule has 0 radical (unpaired) electrons. The van der Waals surface area contributed by atoms with E-state index in [2.05, 4.69) is 4.90 Å². The predicted octanol–water partition coefficient (Wildman–Crippen LogP) is 3.92. The molecule has 0 atom stereocenters. The van der Waals surface area contributed by atoms with Gasteiger partial charge in [-0.3, -0.25) is 4.79 Å². The Bertz CT molecular complexity index is 934. The Labute approximate surface area is 160 Å². The lowest BCUT2D eigenvalue weighted by Gasteiger charge is -2.34. The molecule has 0 unspecified atom stereocenters. The fraction of sp³-hybridized carbons (Fsp3) is 0.263. The number of anilines is 1. The van der Waals surface area contributed by atoms with Crippen LogP contribution in [0.4, 0.5) is 5.13 Å². The molecule has 1 aromatic heterocycles. The number of nitrogens with zero attached hydrogens (tertiary/aromatic N) is 3. The maximum Gasteiger partial charge on any atom is 0.253 e. The Morgan fingerprint density at radius 2 is 1.85 bits per heavy atom. The first-order chi connectivity index (χ1) is 12.6. The molecule has 1 amide bonds. The number of thiazole rings is 1. The molecule has 0 spiro atoms. The fourth-order valence-corrected chi connectivity index (χ4v) is 4.33. The van der Waals surface area contributed by atoms with E-state index in [1.807, 2.05) is 47.4 Å². The van der Waals surface area contributed by atoms with E-state index < -0.39 is 0 Å². The lowest BCUT2D eigenvalue weighted by atomic mass is 10.1. The third-order valence-corrected chi connectivity index (χ3v) is 5.83. The van der Waals surface area contributed by atoms with Gasteiger partial charge in [0.2, 0.25) is 0 Å². The van der Waals surface area contributed by atoms with Crippen molar-refractivity contribution in [3.8, 4) is 5.75 Å². The normalized spacial score (nSPS) is 14.7. The number of fused-ring (bicyclic) bond motifs is 1. The number of ether oxygens (including phenoxy) is 1. The molecule has 1 aliphatic heterocycles. The molecule has 1 aliphatic rings. The summed E-state index contributed by atoms with van der Waals surface area (Å²) in [4.78, 5) is 21.5. The van der Waals surface area contributed by atoms with E-state index in [1.165, 1.54) is 0 Å². The van der Waals surface area contributed by atoms with Gasteiger partial charge in [-0.2, -0.15) is 0 Å². The van der Waals surface area contributed by atoms with E-state index in [4.69, 9.17) is 21.3 Å². The Kier molecular flexibility index (Phi) is 4.70. The Morgan fingerprint density at radius 3 is 2.54 bits per heavy atom. The third-order valence-electron chi connectivity index (χ3n) is 4.51. The van der Waals surface area contributed by atoms with Crippen molar-refractivity contribution in [2.75, 3.05) is 38.2 Å². The van der Waals surface area contributed by atoms with E-state index in [-0.39, 0.29) is 5.91 Å². The summed E-state index contributed by atoms with van der Waals surface area (Å²) in [5, 5.41) is 1.71. The number of benzene rings is 2. The molecule has 0 aliphatic carbocycles. The van der Waals surface area contributed by atoms with Crippen LogP contribution in [-0.2, 0) is 0 Å². The van der Waals surface area contributed by atoms with Gasteiger partial charge in [-0.15, -0.1) is 0 Å². The number of carbonyl (C=O) groups excluding carboxylic acids is 1. The van der Waals surface area contributed by atoms with Crippen LogP contribution in [0.15, 0.2) is 42.5 Å². The summed E-state index contributed by atoms with van der Waals surface area (Å²) in [6.45, 7) is 2.91. The molecule has 1 saturated heterocycles. The van der Waals surface area contributed by atoms with Crippen molar-refractivity contribution in [1.82, 2.24) is 9.88 Å². The highest BCUT2D eigenvalue weighted by molar-refractivity contribution is 7.22. The third kappa shape index (κ3) is 3.34. The molecule has 0 N–H and O–H groups in total. The lowest BCUT2D eigenvalue weighted by Crippen LogP contribution is -2.48. The summed E-state index contributed by atoms with van der Waals surface area (Å²) >= 11 is 7.70. The zero-order valence-electron chi connectivity index (χ0n) is 14.3. The molecule has 7 heteroatoms. The van der Waals surface area contributed by atoms with E-state index in [1.54, 1.807) is 18.4 Å². The summed E-state index contributed by atoms with van der Waals surface area (Å²) in [7, 11) is 1.62. The average Bonchev–Trinajstić information content (AvgIpc) is 3.11. The van der Waals surface area contributed by atoms with Gasteiger partial charge in [0.05, 0.1) is 17.3 Å².